The van der Waals surface area contributed by atoms with Crippen LogP contribution in [-0.2, 0) is 0 Å². The molecule has 0 amide bonds. The van der Waals surface area contributed by atoms with Gasteiger partial charge in [0.25, 0.3) is 0 Å². The van der Waals surface area contributed by atoms with Crippen LogP contribution < -0.4 is 5.11 Å². The van der Waals surface area contributed by atoms with Crippen molar-refractivity contribution in [3.8, 4) is 0 Å². The molecule has 0 N–H and O–H groups in total. The van der Waals surface area contributed by atoms with Crippen molar-refractivity contribution < 1.29 is 5.11 Å². The van der Waals surface area contributed by atoms with Crippen LogP contribution in [0.1, 0.15) is 6.42 Å². The number of nitrogens with zero attached hydrogens (tertiary/aromatic N) is 1. The van der Waals surface area contributed by atoms with Crippen molar-refractivity contribution >= 4 is 0 Å². The van der Waals surface area contributed by atoms with E-state index in [-0.39, 0.29) is 6.61 Å². The highest BCUT2D eigenvalue weighted by Gasteiger charge is 1.72. The highest BCUT2D eigenvalue weighted by atomic mass is 16.2. The van der Waals surface area contributed by atoms with Gasteiger partial charge in [0.05, 0.1) is 0 Å². The van der Waals surface area contributed by atoms with Gasteiger partial charge in [0, 0.05) is 6.42 Å². The summed E-state index contributed by atoms with van der Waals surface area (Å²) in [5, 5.41) is 9.55. The molecular formula is C4H6NO-. The molecule has 0 rings (SSSR count). The smallest absolute Gasteiger partial charge is 0.213 e. The largest absolute Gasteiger partial charge is 0.854 e. The highest BCUT2D eigenvalue weighted by Crippen LogP contribution is 1.71. The Kier molecular flexibility index (Phi) is 4.04. The van der Waals surface area contributed by atoms with Gasteiger partial charge >= 0.3 is 0 Å². The van der Waals surface area contributed by atoms with E-state index in [9.17, 15) is 5.11 Å². The Morgan fingerprint density at radius 2 is 2.33 bits per heavy atom. The van der Waals surface area contributed by atoms with E-state index in [2.05, 4.69) is 4.85 Å². The third-order valence-electron chi connectivity index (χ3n) is 0.414. The summed E-state index contributed by atoms with van der Waals surface area (Å²) >= 11 is 0. The van der Waals surface area contributed by atoms with Gasteiger partial charge in [0.2, 0.25) is 6.54 Å². The summed E-state index contributed by atoms with van der Waals surface area (Å²) in [6.45, 7) is 6.48. The van der Waals surface area contributed by atoms with Crippen molar-refractivity contribution in [1.29, 1.82) is 0 Å². The third kappa shape index (κ3) is 3.45. The van der Waals surface area contributed by atoms with Crippen molar-refractivity contribution in [2.75, 3.05) is 13.2 Å². The van der Waals surface area contributed by atoms with Crippen LogP contribution in [0.25, 0.3) is 4.85 Å². The Morgan fingerprint density at radius 1 is 1.67 bits per heavy atom. The molecule has 2 nitrogen and oxygen atoms in total. The Morgan fingerprint density at radius 3 is 2.50 bits per heavy atom. The highest BCUT2D eigenvalue weighted by molar-refractivity contribution is 4.55. The average molecular weight is 84.1 g/mol. The maximum Gasteiger partial charge on any atom is 0.213 e. The first kappa shape index (κ1) is 5.45. The van der Waals surface area contributed by atoms with Crippen LogP contribution in [0.15, 0.2) is 0 Å². The lowest BCUT2D eigenvalue weighted by atomic mass is 10.5. The normalized spacial score (nSPS) is 7.33. The van der Waals surface area contributed by atoms with Crippen molar-refractivity contribution in [1.82, 2.24) is 0 Å². The van der Waals surface area contributed by atoms with Gasteiger partial charge in [0.1, 0.15) is 0 Å². The molecule has 6 heavy (non-hydrogen) atoms. The van der Waals surface area contributed by atoms with Gasteiger partial charge in [-0.15, -0.1) is 6.61 Å². The van der Waals surface area contributed by atoms with Crippen LogP contribution in [0.3, 0.4) is 0 Å². The lowest BCUT2D eigenvalue weighted by Crippen LogP contribution is -2.05. The minimum atomic E-state index is -0.109. The van der Waals surface area contributed by atoms with Crippen LogP contribution in [0.2, 0.25) is 0 Å². The van der Waals surface area contributed by atoms with Crippen molar-refractivity contribution in [3.05, 3.63) is 11.4 Å². The molecule has 0 atom stereocenters. The fourth-order valence-electron chi connectivity index (χ4n) is 0.144. The molecule has 0 unspecified atom stereocenters. The average Bonchev–Trinajstić information content (AvgIpc) is 1.61. The molecule has 0 saturated carbocycles. The Hall–Kier alpha value is -0.550. The quantitative estimate of drug-likeness (QED) is 0.332. The number of hydrogen-bond acceptors (Lipinski definition) is 1. The minimum absolute atomic E-state index is 0.109. The second-order valence-electron chi connectivity index (χ2n) is 0.939. The first-order valence-corrected chi connectivity index (χ1v) is 1.83. The SMILES string of the molecule is [C-]#[N+]CCC[O-]. The molecule has 0 fully saturated rings. The molecule has 0 spiro atoms. The predicted molar refractivity (Wildman–Crippen MR) is 21.0 cm³/mol. The van der Waals surface area contributed by atoms with E-state index in [1.54, 1.807) is 0 Å². The zero-order valence-electron chi connectivity index (χ0n) is 3.48. The molecule has 0 radical (unpaired) electrons. The van der Waals surface area contributed by atoms with Gasteiger partial charge in [0.15, 0.2) is 0 Å². The fraction of sp³-hybridized carbons (Fsp3) is 0.750. The van der Waals surface area contributed by atoms with E-state index in [1.165, 1.54) is 0 Å². The van der Waals surface area contributed by atoms with Gasteiger partial charge in [-0.25, -0.2) is 6.57 Å². The van der Waals surface area contributed by atoms with Gasteiger partial charge in [-0.05, 0) is 0 Å². The zero-order valence-corrected chi connectivity index (χ0v) is 3.48. The van der Waals surface area contributed by atoms with E-state index in [0.717, 1.165) is 0 Å². The topological polar surface area (TPSA) is 27.4 Å². The Balaban J connectivity index is 2.54. The van der Waals surface area contributed by atoms with Gasteiger partial charge in [-0.2, -0.15) is 0 Å². The van der Waals surface area contributed by atoms with Crippen LogP contribution in [0.5, 0.6) is 0 Å². The van der Waals surface area contributed by atoms with E-state index in [0.29, 0.717) is 13.0 Å². The lowest BCUT2D eigenvalue weighted by Gasteiger charge is -1.91. The van der Waals surface area contributed by atoms with Crippen molar-refractivity contribution in [3.63, 3.8) is 0 Å². The number of hydrogen-bond donors (Lipinski definition) is 0. The molecule has 0 heterocycles. The van der Waals surface area contributed by atoms with Gasteiger partial charge < -0.3 is 9.95 Å². The molecule has 2 heteroatoms. The zero-order chi connectivity index (χ0) is 4.83. The lowest BCUT2D eigenvalue weighted by molar-refractivity contribution is -0.367. The molecule has 0 aliphatic rings. The molecule has 0 aliphatic heterocycles. The summed E-state index contributed by atoms with van der Waals surface area (Å²) in [7, 11) is 0. The summed E-state index contributed by atoms with van der Waals surface area (Å²) in [6, 6.07) is 0. The molecule has 0 aromatic heterocycles. The minimum Gasteiger partial charge on any atom is -0.854 e. The molecule has 0 aromatic rings. The van der Waals surface area contributed by atoms with E-state index in [4.69, 9.17) is 6.57 Å². The molecule has 0 saturated heterocycles. The second-order valence-corrected chi connectivity index (χ2v) is 0.939. The predicted octanol–water partition coefficient (Wildman–Crippen LogP) is -0.344. The fourth-order valence-corrected chi connectivity index (χ4v) is 0.144. The molecular weight excluding hydrogens is 78.0 g/mol. The van der Waals surface area contributed by atoms with Gasteiger partial charge in [-0.1, -0.05) is 0 Å². The Bertz CT molecular complexity index is 55.1. The first-order chi connectivity index (χ1) is 2.91. The molecule has 0 aromatic carbocycles. The van der Waals surface area contributed by atoms with Gasteiger partial charge in [-0.3, -0.25) is 0 Å². The summed E-state index contributed by atoms with van der Waals surface area (Å²) < 4.78 is 0. The Labute approximate surface area is 37.2 Å². The van der Waals surface area contributed by atoms with E-state index in [1.807, 2.05) is 0 Å². The third-order valence-corrected chi connectivity index (χ3v) is 0.414. The first-order valence-electron chi connectivity index (χ1n) is 1.83. The molecule has 0 aliphatic carbocycles. The summed E-state index contributed by atoms with van der Waals surface area (Å²) in [5.74, 6) is 0. The summed E-state index contributed by atoms with van der Waals surface area (Å²) in [6.07, 6.45) is 0.503. The second kappa shape index (κ2) is 4.45. The van der Waals surface area contributed by atoms with E-state index < -0.39 is 0 Å². The van der Waals surface area contributed by atoms with Crippen LogP contribution in [0.4, 0.5) is 0 Å². The standard InChI is InChI=1S/C4H6NO/c1-5-3-2-4-6/h2-4H2/q-1. The molecule has 0 bridgehead atoms. The van der Waals surface area contributed by atoms with E-state index >= 15 is 0 Å². The summed E-state index contributed by atoms with van der Waals surface area (Å²) in [5.41, 5.74) is 0. The van der Waals surface area contributed by atoms with Crippen LogP contribution in [-0.4, -0.2) is 13.2 Å². The monoisotopic (exact) mass is 84.0 g/mol. The maximum atomic E-state index is 9.55. The molecule has 34 valence electrons. The van der Waals surface area contributed by atoms with Crippen LogP contribution >= 0.6 is 0 Å². The van der Waals surface area contributed by atoms with Crippen LogP contribution in [0, 0.1) is 6.57 Å². The maximum absolute atomic E-state index is 9.55. The summed E-state index contributed by atoms with van der Waals surface area (Å²) in [4.78, 5) is 2.98. The van der Waals surface area contributed by atoms with Crippen molar-refractivity contribution in [2.45, 2.75) is 6.42 Å². The number of rotatable bonds is 2. The van der Waals surface area contributed by atoms with Crippen molar-refractivity contribution in [2.24, 2.45) is 0 Å².